The second-order valence-electron chi connectivity index (χ2n) is 14.8. The van der Waals surface area contributed by atoms with Gasteiger partial charge < -0.3 is 15.3 Å². The van der Waals surface area contributed by atoms with Crippen molar-refractivity contribution < 1.29 is 24.9 Å². The van der Waals surface area contributed by atoms with E-state index in [1.165, 1.54) is 5.57 Å². The minimum Gasteiger partial charge on any atom is -0.481 e. The Bertz CT molecular complexity index is 983. The van der Waals surface area contributed by atoms with Crippen LogP contribution in [0.2, 0.25) is 0 Å². The first-order valence-electron chi connectivity index (χ1n) is 13.9. The zero-order valence-electron chi connectivity index (χ0n) is 22.6. The van der Waals surface area contributed by atoms with Crippen LogP contribution in [0.5, 0.6) is 0 Å². The fraction of sp³-hybridized carbons (Fsp3) is 0.867. The van der Waals surface area contributed by atoms with Gasteiger partial charge in [0.25, 0.3) is 0 Å². The number of hydrogen-bond acceptors (Lipinski definition) is 3. The van der Waals surface area contributed by atoms with Gasteiger partial charge in [-0.15, -0.1) is 0 Å². The van der Waals surface area contributed by atoms with E-state index in [9.17, 15) is 24.9 Å². The van der Waals surface area contributed by atoms with Gasteiger partial charge in [-0.3, -0.25) is 9.59 Å². The number of carbonyl (C=O) groups is 2. The van der Waals surface area contributed by atoms with Gasteiger partial charge in [-0.1, -0.05) is 46.3 Å². The van der Waals surface area contributed by atoms with E-state index < -0.39 is 22.8 Å². The Morgan fingerprint density at radius 1 is 0.829 bits per heavy atom. The van der Waals surface area contributed by atoms with Crippen molar-refractivity contribution in [2.45, 2.75) is 112 Å². The first kappa shape index (κ1) is 25.3. The maximum atomic E-state index is 12.8. The van der Waals surface area contributed by atoms with Crippen molar-refractivity contribution in [3.8, 4) is 0 Å². The summed E-state index contributed by atoms with van der Waals surface area (Å²) in [6.07, 6.45) is 9.97. The van der Waals surface area contributed by atoms with Crippen LogP contribution in [0, 0.1) is 50.2 Å². The second-order valence-corrected chi connectivity index (χ2v) is 14.8. The van der Waals surface area contributed by atoms with Gasteiger partial charge >= 0.3 is 11.9 Å². The van der Waals surface area contributed by atoms with Crippen LogP contribution in [-0.4, -0.2) is 33.4 Å². The van der Waals surface area contributed by atoms with Crippen LogP contribution < -0.4 is 0 Å². The van der Waals surface area contributed by atoms with E-state index in [1.54, 1.807) is 0 Å². The molecule has 0 heterocycles. The van der Waals surface area contributed by atoms with Crippen LogP contribution in [0.3, 0.4) is 0 Å². The summed E-state index contributed by atoms with van der Waals surface area (Å²) in [6.45, 7) is 13.7. The molecule has 0 aliphatic heterocycles. The molecule has 9 atom stereocenters. The molecule has 0 amide bonds. The Labute approximate surface area is 210 Å². The lowest BCUT2D eigenvalue weighted by molar-refractivity contribution is -0.206. The average Bonchev–Trinajstić information content (AvgIpc) is 2.77. The number of carboxylic acid groups (broad SMARTS) is 2. The minimum atomic E-state index is -0.867. The van der Waals surface area contributed by atoms with Crippen LogP contribution in [0.15, 0.2) is 11.6 Å². The maximum absolute atomic E-state index is 12.8. The number of rotatable bonds is 2. The summed E-state index contributed by atoms with van der Waals surface area (Å²) in [4.78, 5) is 25.0. The molecule has 196 valence electrons. The van der Waals surface area contributed by atoms with Crippen molar-refractivity contribution in [3.63, 3.8) is 0 Å². The van der Waals surface area contributed by atoms with E-state index in [4.69, 9.17) is 0 Å². The Hall–Kier alpha value is -1.36. The molecule has 5 aliphatic carbocycles. The molecule has 5 nitrogen and oxygen atoms in total. The summed E-state index contributed by atoms with van der Waals surface area (Å²) in [5.74, 6) is -0.770. The van der Waals surface area contributed by atoms with Crippen molar-refractivity contribution >= 4 is 11.9 Å². The fourth-order valence-corrected chi connectivity index (χ4v) is 10.6. The second kappa shape index (κ2) is 7.36. The molecule has 0 unspecified atom stereocenters. The normalized spacial score (nSPS) is 52.7. The molecule has 5 rings (SSSR count). The summed E-state index contributed by atoms with van der Waals surface area (Å²) in [5.41, 5.74) is -0.474. The van der Waals surface area contributed by atoms with Gasteiger partial charge in [0.2, 0.25) is 0 Å². The Morgan fingerprint density at radius 3 is 2.11 bits per heavy atom. The smallest absolute Gasteiger partial charge is 0.310 e. The number of carboxylic acids is 2. The Balaban J connectivity index is 1.60. The average molecular weight is 487 g/mol. The highest BCUT2D eigenvalue weighted by Gasteiger charge is 2.69. The highest BCUT2D eigenvalue weighted by molar-refractivity contribution is 5.79. The predicted octanol–water partition coefficient (Wildman–Crippen LogP) is 6.30. The summed E-state index contributed by atoms with van der Waals surface area (Å²) < 4.78 is 0. The SMILES string of the molecule is CC1(C)[C@@H](O)CC[C@]2(C)[C@H]3CC=C4[C@H]5C[C@](C)(C(=O)O)CC[C@]5(C(=O)O)CC[C@@]4(C)[C@]3(C)CC[C@@H]12. The summed E-state index contributed by atoms with van der Waals surface area (Å²) >= 11 is 0. The van der Waals surface area contributed by atoms with Gasteiger partial charge in [0.15, 0.2) is 0 Å². The van der Waals surface area contributed by atoms with Crippen molar-refractivity contribution in [3.05, 3.63) is 11.6 Å². The number of fused-ring (bicyclic) bond motifs is 7. The summed E-state index contributed by atoms with van der Waals surface area (Å²) in [7, 11) is 0. The highest BCUT2D eigenvalue weighted by Crippen LogP contribution is 2.75. The van der Waals surface area contributed by atoms with Crippen LogP contribution in [0.1, 0.15) is 106 Å². The lowest BCUT2D eigenvalue weighted by Gasteiger charge is -2.71. The molecule has 5 aliphatic rings. The van der Waals surface area contributed by atoms with E-state index >= 15 is 0 Å². The van der Waals surface area contributed by atoms with Gasteiger partial charge in [0.1, 0.15) is 0 Å². The molecule has 0 saturated heterocycles. The third kappa shape index (κ3) is 2.97. The molecular formula is C30H46O5. The number of allylic oxidation sites excluding steroid dienone is 2. The van der Waals surface area contributed by atoms with E-state index in [1.807, 2.05) is 6.92 Å². The topological polar surface area (TPSA) is 94.8 Å². The quantitative estimate of drug-likeness (QED) is 0.398. The molecule has 0 aromatic rings. The lowest BCUT2D eigenvalue weighted by atomic mass is 9.33. The number of aliphatic hydroxyl groups excluding tert-OH is 1. The monoisotopic (exact) mass is 486 g/mol. The standard InChI is InChI=1S/C30H46O5/c1-25(2)20-9-12-29(6)21(27(20,4)11-10-22(25)31)8-7-18-19-17-26(3,23(32)33)13-15-30(19,24(34)35)16-14-28(18,29)5/h7,19-22,31H,8-17H2,1-6H3,(H,32,33)(H,34,35)/t19-,20+,21-,22+,26-,27+,28-,29-,30+/m1/s1. The molecule has 0 aromatic carbocycles. The van der Waals surface area contributed by atoms with Gasteiger partial charge in [0.05, 0.1) is 16.9 Å². The minimum absolute atomic E-state index is 0.0441. The van der Waals surface area contributed by atoms with Crippen LogP contribution in [0.4, 0.5) is 0 Å². The largest absolute Gasteiger partial charge is 0.481 e. The van der Waals surface area contributed by atoms with E-state index in [2.05, 4.69) is 40.7 Å². The fourth-order valence-electron chi connectivity index (χ4n) is 10.6. The van der Waals surface area contributed by atoms with Crippen LogP contribution in [-0.2, 0) is 9.59 Å². The van der Waals surface area contributed by atoms with Crippen molar-refractivity contribution in [2.24, 2.45) is 50.2 Å². The predicted molar refractivity (Wildman–Crippen MR) is 135 cm³/mol. The molecule has 4 saturated carbocycles. The van der Waals surface area contributed by atoms with E-state index in [-0.39, 0.29) is 33.7 Å². The molecule has 0 aromatic heterocycles. The lowest BCUT2D eigenvalue weighted by Crippen LogP contribution is -2.65. The molecular weight excluding hydrogens is 440 g/mol. The number of hydrogen-bond donors (Lipinski definition) is 3. The number of aliphatic carboxylic acids is 2. The third-order valence-corrected chi connectivity index (χ3v) is 13.3. The Kier molecular flexibility index (Phi) is 5.32. The molecule has 0 spiro atoms. The third-order valence-electron chi connectivity index (χ3n) is 13.3. The van der Waals surface area contributed by atoms with Crippen molar-refractivity contribution in [1.29, 1.82) is 0 Å². The maximum Gasteiger partial charge on any atom is 0.310 e. The van der Waals surface area contributed by atoms with Gasteiger partial charge in [-0.2, -0.15) is 0 Å². The molecule has 35 heavy (non-hydrogen) atoms. The summed E-state index contributed by atoms with van der Waals surface area (Å²) in [5, 5.41) is 31.4. The molecule has 0 bridgehead atoms. The first-order chi connectivity index (χ1) is 16.1. The highest BCUT2D eigenvalue weighted by atomic mass is 16.4. The first-order valence-corrected chi connectivity index (χ1v) is 13.9. The van der Waals surface area contributed by atoms with Crippen LogP contribution in [0.25, 0.3) is 0 Å². The van der Waals surface area contributed by atoms with Crippen molar-refractivity contribution in [2.75, 3.05) is 0 Å². The number of aliphatic hydroxyl groups is 1. The van der Waals surface area contributed by atoms with Crippen LogP contribution >= 0.6 is 0 Å². The zero-order chi connectivity index (χ0) is 25.8. The molecule has 4 fully saturated rings. The van der Waals surface area contributed by atoms with E-state index in [0.29, 0.717) is 37.5 Å². The molecule has 0 radical (unpaired) electrons. The molecule has 5 heteroatoms. The van der Waals surface area contributed by atoms with Gasteiger partial charge in [-0.25, -0.2) is 0 Å². The summed E-state index contributed by atoms with van der Waals surface area (Å²) in [6, 6.07) is 0. The van der Waals surface area contributed by atoms with E-state index in [0.717, 1.165) is 38.5 Å². The molecule has 3 N–H and O–H groups in total. The zero-order valence-corrected chi connectivity index (χ0v) is 22.6. The van der Waals surface area contributed by atoms with Gasteiger partial charge in [0, 0.05) is 0 Å². The Morgan fingerprint density at radius 2 is 1.49 bits per heavy atom. The van der Waals surface area contributed by atoms with Gasteiger partial charge in [-0.05, 0) is 111 Å². The van der Waals surface area contributed by atoms with Crippen molar-refractivity contribution in [1.82, 2.24) is 0 Å².